The molecule has 3 rings (SSSR count). The maximum absolute atomic E-state index is 5.55. The van der Waals surface area contributed by atoms with Gasteiger partial charge in [0.2, 0.25) is 0 Å². The van der Waals surface area contributed by atoms with Crippen LogP contribution in [0.15, 0.2) is 35.5 Å². The van der Waals surface area contributed by atoms with E-state index in [1.54, 1.807) is 26.0 Å². The third-order valence-electron chi connectivity index (χ3n) is 4.86. The van der Waals surface area contributed by atoms with Crippen molar-refractivity contribution in [2.75, 3.05) is 27.0 Å². The lowest BCUT2D eigenvalue weighted by molar-refractivity contribution is 0.154. The third-order valence-corrected chi connectivity index (χ3v) is 5.52. The molecular weight excluding hydrogens is 374 g/mol. The monoisotopic (exact) mass is 401 g/mol. The Morgan fingerprint density at radius 1 is 1.29 bits per heavy atom. The molecule has 150 valence electrons. The lowest BCUT2D eigenvalue weighted by Gasteiger charge is -2.34. The van der Waals surface area contributed by atoms with Gasteiger partial charge in [-0.05, 0) is 26.2 Å². The Bertz CT molecular complexity index is 893. The predicted molar refractivity (Wildman–Crippen MR) is 113 cm³/mol. The maximum Gasteiger partial charge on any atom is 0.189 e. The summed E-state index contributed by atoms with van der Waals surface area (Å²) in [5.74, 6) is 3.40. The van der Waals surface area contributed by atoms with E-state index in [0.29, 0.717) is 0 Å². The van der Waals surface area contributed by atoms with Crippen LogP contribution in [0.2, 0.25) is 0 Å². The second-order valence-corrected chi connectivity index (χ2v) is 7.51. The van der Waals surface area contributed by atoms with E-state index in [-0.39, 0.29) is 6.04 Å². The van der Waals surface area contributed by atoms with Gasteiger partial charge in [-0.3, -0.25) is 4.90 Å². The first-order valence-corrected chi connectivity index (χ1v) is 10.4. The summed E-state index contributed by atoms with van der Waals surface area (Å²) in [6.45, 7) is 10.4. The van der Waals surface area contributed by atoms with Gasteiger partial charge >= 0.3 is 0 Å². The second kappa shape index (κ2) is 8.79. The average Bonchev–Trinajstić information content (AvgIpc) is 3.13. The van der Waals surface area contributed by atoms with Gasteiger partial charge in [-0.15, -0.1) is 22.0 Å². The summed E-state index contributed by atoms with van der Waals surface area (Å²) in [4.78, 5) is 6.90. The fourth-order valence-electron chi connectivity index (χ4n) is 3.37. The Morgan fingerprint density at radius 2 is 2.07 bits per heavy atom. The van der Waals surface area contributed by atoms with E-state index in [0.717, 1.165) is 59.1 Å². The van der Waals surface area contributed by atoms with Crippen LogP contribution in [0, 0.1) is 0 Å². The molecule has 0 saturated heterocycles. The SMILES string of the molecule is C=C(C)/N=C(\SC)c1nnc2n1CCN(Cc1ccc(OC)cc1OC)[C@@H]2C. The highest BCUT2D eigenvalue weighted by molar-refractivity contribution is 8.13. The molecule has 0 bridgehead atoms. The lowest BCUT2D eigenvalue weighted by atomic mass is 10.1. The molecule has 1 aliphatic heterocycles. The summed E-state index contributed by atoms with van der Waals surface area (Å²) in [6, 6.07) is 6.07. The molecule has 1 aliphatic rings. The molecule has 0 unspecified atom stereocenters. The number of hydrogen-bond donors (Lipinski definition) is 0. The molecular formula is C20H27N5O2S. The minimum absolute atomic E-state index is 0.134. The summed E-state index contributed by atoms with van der Waals surface area (Å²) in [7, 11) is 3.34. The molecule has 0 N–H and O–H groups in total. The molecule has 0 radical (unpaired) electrons. The van der Waals surface area contributed by atoms with Gasteiger partial charge in [-0.1, -0.05) is 12.6 Å². The highest BCUT2D eigenvalue weighted by Gasteiger charge is 2.30. The highest BCUT2D eigenvalue weighted by Crippen LogP contribution is 2.31. The van der Waals surface area contributed by atoms with Crippen LogP contribution in [-0.4, -0.2) is 51.7 Å². The van der Waals surface area contributed by atoms with Crippen molar-refractivity contribution in [1.29, 1.82) is 0 Å². The molecule has 1 aromatic carbocycles. The van der Waals surface area contributed by atoms with Crippen LogP contribution < -0.4 is 9.47 Å². The number of nitrogens with zero attached hydrogens (tertiary/aromatic N) is 5. The van der Waals surface area contributed by atoms with Crippen LogP contribution in [0.5, 0.6) is 11.5 Å². The van der Waals surface area contributed by atoms with Crippen molar-refractivity contribution in [2.45, 2.75) is 33.0 Å². The van der Waals surface area contributed by atoms with Gasteiger partial charge in [0.1, 0.15) is 16.5 Å². The summed E-state index contributed by atoms with van der Waals surface area (Å²) >= 11 is 1.57. The van der Waals surface area contributed by atoms with Crippen LogP contribution in [0.3, 0.4) is 0 Å². The van der Waals surface area contributed by atoms with E-state index in [1.807, 2.05) is 25.3 Å². The van der Waals surface area contributed by atoms with Crippen molar-refractivity contribution in [3.05, 3.63) is 47.7 Å². The topological polar surface area (TPSA) is 64.8 Å². The third kappa shape index (κ3) is 4.07. The van der Waals surface area contributed by atoms with Crippen molar-refractivity contribution in [1.82, 2.24) is 19.7 Å². The van der Waals surface area contributed by atoms with Gasteiger partial charge in [-0.25, -0.2) is 4.99 Å². The quantitative estimate of drug-likeness (QED) is 0.545. The van der Waals surface area contributed by atoms with Gasteiger partial charge < -0.3 is 14.0 Å². The minimum atomic E-state index is 0.134. The zero-order valence-corrected chi connectivity index (χ0v) is 17.9. The highest BCUT2D eigenvalue weighted by atomic mass is 32.2. The summed E-state index contributed by atoms with van der Waals surface area (Å²) < 4.78 is 13.0. The molecule has 0 amide bonds. The van der Waals surface area contributed by atoms with Gasteiger partial charge in [0.05, 0.1) is 20.3 Å². The number of benzene rings is 1. The normalized spacial score (nSPS) is 17.3. The van der Waals surface area contributed by atoms with Crippen molar-refractivity contribution < 1.29 is 9.47 Å². The standard InChI is InChI=1S/C20H27N5O2S/c1-13(2)21-20(28-6)19-23-22-18-14(3)24(9-10-25(18)19)12-15-7-8-16(26-4)11-17(15)27-5/h7-8,11,14H,1,9-10,12H2,2-6H3/b21-20-/t14-/m1/s1. The Morgan fingerprint density at radius 3 is 2.71 bits per heavy atom. The molecule has 0 saturated carbocycles. The molecule has 28 heavy (non-hydrogen) atoms. The predicted octanol–water partition coefficient (Wildman–Crippen LogP) is 3.52. The average molecular weight is 402 g/mol. The first kappa shape index (κ1) is 20.4. The number of fused-ring (bicyclic) bond motifs is 1. The summed E-state index contributed by atoms with van der Waals surface area (Å²) in [5, 5.41) is 9.75. The minimum Gasteiger partial charge on any atom is -0.497 e. The molecule has 1 atom stereocenters. The number of methoxy groups -OCH3 is 2. The number of rotatable bonds is 6. The number of aromatic nitrogens is 3. The van der Waals surface area contributed by atoms with Gasteiger partial charge in [0.15, 0.2) is 11.6 Å². The number of ether oxygens (including phenoxy) is 2. The molecule has 0 fully saturated rings. The largest absolute Gasteiger partial charge is 0.497 e. The molecule has 1 aromatic heterocycles. The zero-order valence-electron chi connectivity index (χ0n) is 17.1. The van der Waals surface area contributed by atoms with E-state index in [4.69, 9.17) is 9.47 Å². The van der Waals surface area contributed by atoms with E-state index < -0.39 is 0 Å². The first-order valence-electron chi connectivity index (χ1n) is 9.15. The molecule has 8 heteroatoms. The molecule has 0 aliphatic carbocycles. The Hall–Kier alpha value is -2.32. The van der Waals surface area contributed by atoms with Crippen molar-refractivity contribution >= 4 is 16.8 Å². The molecule has 2 aromatic rings. The second-order valence-electron chi connectivity index (χ2n) is 6.71. The first-order chi connectivity index (χ1) is 13.5. The van der Waals surface area contributed by atoms with Gasteiger partial charge in [-0.2, -0.15) is 0 Å². The lowest BCUT2D eigenvalue weighted by Crippen LogP contribution is -2.37. The fourth-order valence-corrected chi connectivity index (χ4v) is 3.95. The smallest absolute Gasteiger partial charge is 0.189 e. The Balaban J connectivity index is 1.85. The molecule has 7 nitrogen and oxygen atoms in total. The molecule has 0 spiro atoms. The van der Waals surface area contributed by atoms with E-state index in [2.05, 4.69) is 44.2 Å². The summed E-state index contributed by atoms with van der Waals surface area (Å²) in [5.41, 5.74) is 1.88. The van der Waals surface area contributed by atoms with E-state index in [9.17, 15) is 0 Å². The number of hydrogen-bond acceptors (Lipinski definition) is 7. The zero-order chi connectivity index (χ0) is 20.3. The molecule has 2 heterocycles. The van der Waals surface area contributed by atoms with Crippen LogP contribution in [0.1, 0.15) is 37.1 Å². The number of allylic oxidation sites excluding steroid dienone is 1. The van der Waals surface area contributed by atoms with Crippen molar-refractivity contribution in [3.8, 4) is 11.5 Å². The number of thioether (sulfide) groups is 1. The van der Waals surface area contributed by atoms with Crippen LogP contribution >= 0.6 is 11.8 Å². The van der Waals surface area contributed by atoms with Crippen molar-refractivity contribution in [2.24, 2.45) is 4.99 Å². The van der Waals surface area contributed by atoms with Crippen LogP contribution in [0.4, 0.5) is 0 Å². The fraction of sp³-hybridized carbons (Fsp3) is 0.450. The van der Waals surface area contributed by atoms with Gasteiger partial charge in [0, 0.05) is 37.0 Å². The van der Waals surface area contributed by atoms with E-state index in [1.165, 1.54) is 0 Å². The van der Waals surface area contributed by atoms with Crippen LogP contribution in [-0.2, 0) is 13.1 Å². The number of aliphatic imine (C=N–C) groups is 1. The Labute approximate surface area is 170 Å². The van der Waals surface area contributed by atoms with Crippen LogP contribution in [0.25, 0.3) is 0 Å². The van der Waals surface area contributed by atoms with Gasteiger partial charge in [0.25, 0.3) is 0 Å². The summed E-state index contributed by atoms with van der Waals surface area (Å²) in [6.07, 6.45) is 2.00. The van der Waals surface area contributed by atoms with Crippen molar-refractivity contribution in [3.63, 3.8) is 0 Å². The maximum atomic E-state index is 5.55. The Kier molecular flexibility index (Phi) is 6.41. The van der Waals surface area contributed by atoms with E-state index >= 15 is 0 Å².